The van der Waals surface area contributed by atoms with Crippen molar-refractivity contribution in [3.05, 3.63) is 93.7 Å². The zero-order valence-electron chi connectivity index (χ0n) is 19.2. The third-order valence-corrected chi connectivity index (χ3v) is 6.56. The maximum Gasteiger partial charge on any atom is 0.229 e. The lowest BCUT2D eigenvalue weighted by molar-refractivity contribution is 0.0261. The van der Waals surface area contributed by atoms with E-state index in [1.165, 1.54) is 12.1 Å². The van der Waals surface area contributed by atoms with Crippen LogP contribution < -0.4 is 14.8 Å². The third kappa shape index (κ3) is 8.66. The van der Waals surface area contributed by atoms with Crippen LogP contribution in [-0.2, 0) is 16.4 Å². The van der Waals surface area contributed by atoms with Gasteiger partial charge in [0.05, 0.1) is 16.3 Å². The molecule has 6 nitrogen and oxygen atoms in total. The molecule has 0 bridgehead atoms. The van der Waals surface area contributed by atoms with Gasteiger partial charge in [-0.25, -0.2) is 12.8 Å². The van der Waals surface area contributed by atoms with Gasteiger partial charge < -0.3 is 9.84 Å². The number of hydrogen-bond acceptors (Lipinski definition) is 5. The lowest BCUT2D eigenvalue weighted by Crippen LogP contribution is -2.45. The smallest absolute Gasteiger partial charge is 0.229 e. The monoisotopic (exact) mass is 540 g/mol. The Kier molecular flexibility index (Phi) is 9.38. The molecule has 0 aromatic heterocycles. The van der Waals surface area contributed by atoms with E-state index < -0.39 is 22.4 Å². The molecule has 35 heavy (non-hydrogen) atoms. The molecule has 0 aliphatic heterocycles. The van der Waals surface area contributed by atoms with Crippen LogP contribution in [-0.4, -0.2) is 38.7 Å². The van der Waals surface area contributed by atoms with E-state index in [-0.39, 0.29) is 11.7 Å². The normalized spacial score (nSPS) is 14.2. The fraction of sp³-hybridized carbons (Fsp3) is 0.280. The number of aliphatic hydroxyl groups is 1. The molecule has 0 heterocycles. The van der Waals surface area contributed by atoms with Crippen LogP contribution in [0.1, 0.15) is 24.0 Å². The van der Waals surface area contributed by atoms with E-state index in [9.17, 15) is 17.9 Å². The minimum Gasteiger partial charge on any atom is -0.473 e. The molecule has 3 atom stereocenters. The summed E-state index contributed by atoms with van der Waals surface area (Å²) in [6.45, 7) is 1.98. The van der Waals surface area contributed by atoms with E-state index in [0.29, 0.717) is 34.4 Å². The van der Waals surface area contributed by atoms with Crippen LogP contribution in [0.5, 0.6) is 5.75 Å². The number of nitrogens with one attached hydrogen (secondary N) is 2. The summed E-state index contributed by atoms with van der Waals surface area (Å²) in [5.74, 6) is -0.00114. The molecule has 0 radical (unpaired) electrons. The predicted octanol–water partition coefficient (Wildman–Crippen LogP) is 5.21. The third-order valence-electron chi connectivity index (χ3n) is 5.21. The van der Waals surface area contributed by atoms with E-state index in [2.05, 4.69) is 10.0 Å². The standard InChI is InChI=1S/C25H27Cl2FN2O4S/c1-16(31)25(34-22-9-7-21(8-10-22)30-35(2,32)33)29-15-19(12-17-4-3-5-20(28)13-17)18-6-11-23(26)24(27)14-18/h3-11,13-14,16,19,25,29-31H,12,15H2,1-2H3. The summed E-state index contributed by atoms with van der Waals surface area (Å²) in [6.07, 6.45) is -0.0472. The van der Waals surface area contributed by atoms with Gasteiger partial charge >= 0.3 is 0 Å². The highest BCUT2D eigenvalue weighted by Crippen LogP contribution is 2.29. The van der Waals surface area contributed by atoms with E-state index >= 15 is 0 Å². The first-order valence-electron chi connectivity index (χ1n) is 10.9. The fourth-order valence-electron chi connectivity index (χ4n) is 3.55. The van der Waals surface area contributed by atoms with Gasteiger partial charge in [0.25, 0.3) is 0 Å². The number of sulfonamides is 1. The molecule has 3 aromatic carbocycles. The average molecular weight is 541 g/mol. The molecular formula is C25H27Cl2FN2O4S. The Morgan fingerprint density at radius 1 is 1.03 bits per heavy atom. The summed E-state index contributed by atoms with van der Waals surface area (Å²) in [4.78, 5) is 0. The van der Waals surface area contributed by atoms with Gasteiger partial charge in [-0.3, -0.25) is 10.0 Å². The first kappa shape index (κ1) is 27.2. The SMILES string of the molecule is CC(O)C(NCC(Cc1cccc(F)c1)c1ccc(Cl)c(Cl)c1)Oc1ccc(NS(C)(=O)=O)cc1. The van der Waals surface area contributed by atoms with Gasteiger partial charge in [-0.15, -0.1) is 0 Å². The number of rotatable bonds is 11. The van der Waals surface area contributed by atoms with Crippen LogP contribution in [0.15, 0.2) is 66.7 Å². The summed E-state index contributed by atoms with van der Waals surface area (Å²) >= 11 is 12.3. The molecular weight excluding hydrogens is 514 g/mol. The maximum atomic E-state index is 13.8. The highest BCUT2D eigenvalue weighted by molar-refractivity contribution is 7.92. The second-order valence-electron chi connectivity index (χ2n) is 8.29. The first-order chi connectivity index (χ1) is 16.5. The minimum atomic E-state index is -3.39. The summed E-state index contributed by atoms with van der Waals surface area (Å²) in [6, 6.07) is 18.1. The largest absolute Gasteiger partial charge is 0.473 e. The van der Waals surface area contributed by atoms with Gasteiger partial charge in [0.2, 0.25) is 10.0 Å². The Bertz CT molecular complexity index is 1240. The van der Waals surface area contributed by atoms with Gasteiger partial charge in [0, 0.05) is 18.2 Å². The quantitative estimate of drug-likeness (QED) is 0.291. The van der Waals surface area contributed by atoms with Gasteiger partial charge in [-0.2, -0.15) is 0 Å². The molecule has 0 amide bonds. The van der Waals surface area contributed by atoms with Crippen LogP contribution in [0.4, 0.5) is 10.1 Å². The molecule has 0 spiro atoms. The zero-order valence-corrected chi connectivity index (χ0v) is 21.5. The lowest BCUT2D eigenvalue weighted by atomic mass is 9.91. The summed E-state index contributed by atoms with van der Waals surface area (Å²) in [7, 11) is -3.39. The molecule has 0 aliphatic rings. The second kappa shape index (κ2) is 12.1. The molecule has 10 heteroatoms. The number of ether oxygens (including phenoxy) is 1. The molecule has 0 aliphatic carbocycles. The van der Waals surface area contributed by atoms with Crippen molar-refractivity contribution in [2.45, 2.75) is 31.6 Å². The molecule has 188 valence electrons. The van der Waals surface area contributed by atoms with E-state index in [1.807, 2.05) is 12.1 Å². The summed E-state index contributed by atoms with van der Waals surface area (Å²) in [5, 5.41) is 14.4. The first-order valence-corrected chi connectivity index (χ1v) is 13.5. The van der Waals surface area contributed by atoms with Crippen molar-refractivity contribution in [3.8, 4) is 5.75 Å². The number of hydrogen-bond donors (Lipinski definition) is 3. The summed E-state index contributed by atoms with van der Waals surface area (Å²) in [5.41, 5.74) is 2.11. The van der Waals surface area contributed by atoms with E-state index in [1.54, 1.807) is 49.4 Å². The lowest BCUT2D eigenvalue weighted by Gasteiger charge is -2.26. The molecule has 3 unspecified atom stereocenters. The average Bonchev–Trinajstić information content (AvgIpc) is 2.77. The van der Waals surface area contributed by atoms with Crippen molar-refractivity contribution in [2.75, 3.05) is 17.5 Å². The number of benzene rings is 3. The minimum absolute atomic E-state index is 0.127. The fourth-order valence-corrected chi connectivity index (χ4v) is 4.42. The Balaban J connectivity index is 1.75. The molecule has 3 N–H and O–H groups in total. The number of halogens is 3. The van der Waals surface area contributed by atoms with Crippen molar-refractivity contribution in [2.24, 2.45) is 0 Å². The van der Waals surface area contributed by atoms with Crippen LogP contribution in [0.25, 0.3) is 0 Å². The summed E-state index contributed by atoms with van der Waals surface area (Å²) < 4.78 is 44.8. The van der Waals surface area contributed by atoms with Crippen LogP contribution in [0.3, 0.4) is 0 Å². The van der Waals surface area contributed by atoms with E-state index in [0.717, 1.165) is 17.4 Å². The number of anilines is 1. The van der Waals surface area contributed by atoms with Crippen molar-refractivity contribution in [1.29, 1.82) is 0 Å². The molecule has 0 fully saturated rings. The van der Waals surface area contributed by atoms with Crippen LogP contribution in [0.2, 0.25) is 10.0 Å². The topological polar surface area (TPSA) is 87.7 Å². The van der Waals surface area contributed by atoms with Crippen molar-refractivity contribution < 1.29 is 22.7 Å². The highest BCUT2D eigenvalue weighted by Gasteiger charge is 2.21. The van der Waals surface area contributed by atoms with Crippen LogP contribution >= 0.6 is 23.2 Å². The number of aliphatic hydroxyl groups excluding tert-OH is 1. The van der Waals surface area contributed by atoms with Crippen molar-refractivity contribution >= 4 is 38.9 Å². The molecule has 0 saturated heterocycles. The van der Waals surface area contributed by atoms with Crippen molar-refractivity contribution in [1.82, 2.24) is 5.32 Å². The van der Waals surface area contributed by atoms with Gasteiger partial charge in [-0.1, -0.05) is 41.4 Å². The molecule has 3 rings (SSSR count). The second-order valence-corrected chi connectivity index (χ2v) is 10.9. The Morgan fingerprint density at radius 2 is 1.74 bits per heavy atom. The van der Waals surface area contributed by atoms with Crippen molar-refractivity contribution in [3.63, 3.8) is 0 Å². The Hall–Kier alpha value is -2.36. The Morgan fingerprint density at radius 3 is 2.34 bits per heavy atom. The van der Waals surface area contributed by atoms with E-state index in [4.69, 9.17) is 27.9 Å². The van der Waals surface area contributed by atoms with Gasteiger partial charge in [0.1, 0.15) is 17.7 Å². The van der Waals surface area contributed by atoms with Crippen LogP contribution in [0, 0.1) is 5.82 Å². The van der Waals surface area contributed by atoms with Gasteiger partial charge in [0.15, 0.2) is 6.23 Å². The highest BCUT2D eigenvalue weighted by atomic mass is 35.5. The molecule has 3 aromatic rings. The molecule has 0 saturated carbocycles. The van der Waals surface area contributed by atoms with Gasteiger partial charge in [-0.05, 0) is 73.0 Å². The predicted molar refractivity (Wildman–Crippen MR) is 138 cm³/mol. The zero-order chi connectivity index (χ0) is 25.6. The Labute approximate surface area is 215 Å². The maximum absolute atomic E-state index is 13.8.